The van der Waals surface area contributed by atoms with Crippen molar-refractivity contribution in [1.82, 2.24) is 4.90 Å². The second kappa shape index (κ2) is 6.23. The van der Waals surface area contributed by atoms with Crippen molar-refractivity contribution in [3.05, 3.63) is 0 Å². The second-order valence-corrected chi connectivity index (χ2v) is 6.39. The summed E-state index contributed by atoms with van der Waals surface area (Å²) in [5, 5.41) is 0. The van der Waals surface area contributed by atoms with Gasteiger partial charge in [-0.15, -0.1) is 0 Å². The van der Waals surface area contributed by atoms with Crippen LogP contribution in [0.1, 0.15) is 45.4 Å². The molecule has 2 N–H and O–H groups in total. The molecule has 1 amide bonds. The molecule has 2 aliphatic carbocycles. The van der Waals surface area contributed by atoms with Crippen LogP contribution in [0, 0.1) is 11.3 Å². The minimum Gasteiger partial charge on any atom is -0.383 e. The normalized spacial score (nSPS) is 31.2. The highest BCUT2D eigenvalue weighted by molar-refractivity contribution is 5.83. The highest BCUT2D eigenvalue weighted by Crippen LogP contribution is 2.41. The predicted molar refractivity (Wildman–Crippen MR) is 75.7 cm³/mol. The van der Waals surface area contributed by atoms with Crippen molar-refractivity contribution < 1.29 is 9.53 Å². The molecule has 0 aromatic heterocycles. The molecule has 2 rings (SSSR count). The van der Waals surface area contributed by atoms with Gasteiger partial charge in [-0.05, 0) is 44.4 Å². The Kier molecular flexibility index (Phi) is 4.85. The molecule has 4 heteroatoms. The molecule has 2 saturated carbocycles. The van der Waals surface area contributed by atoms with Crippen LogP contribution in [-0.2, 0) is 9.53 Å². The van der Waals surface area contributed by atoms with Crippen molar-refractivity contribution in [2.24, 2.45) is 17.1 Å². The molecule has 0 aromatic rings. The Hall–Kier alpha value is -0.610. The Morgan fingerprint density at radius 1 is 1.32 bits per heavy atom. The predicted octanol–water partition coefficient (Wildman–Crippen LogP) is 1.78. The van der Waals surface area contributed by atoms with Crippen LogP contribution in [0.3, 0.4) is 0 Å². The summed E-state index contributed by atoms with van der Waals surface area (Å²) in [6.45, 7) is 4.11. The first-order chi connectivity index (χ1) is 9.13. The minimum atomic E-state index is -0.289. The number of nitrogens with two attached hydrogens (primary N) is 1. The van der Waals surface area contributed by atoms with Crippen LogP contribution < -0.4 is 5.73 Å². The van der Waals surface area contributed by atoms with Crippen molar-refractivity contribution in [2.75, 3.05) is 26.8 Å². The van der Waals surface area contributed by atoms with E-state index in [-0.39, 0.29) is 5.41 Å². The van der Waals surface area contributed by atoms with Gasteiger partial charge in [0.15, 0.2) is 0 Å². The lowest BCUT2D eigenvalue weighted by atomic mass is 9.70. The molecule has 2 fully saturated rings. The van der Waals surface area contributed by atoms with Crippen LogP contribution in [0.4, 0.5) is 0 Å². The van der Waals surface area contributed by atoms with Crippen molar-refractivity contribution in [3.63, 3.8) is 0 Å². The lowest BCUT2D eigenvalue weighted by Crippen LogP contribution is -2.51. The Morgan fingerprint density at radius 2 is 1.95 bits per heavy atom. The summed E-state index contributed by atoms with van der Waals surface area (Å²) in [4.78, 5) is 15.0. The van der Waals surface area contributed by atoms with E-state index < -0.39 is 0 Å². The Balaban J connectivity index is 2.05. The zero-order chi connectivity index (χ0) is 13.9. The third kappa shape index (κ3) is 3.29. The first-order valence-corrected chi connectivity index (χ1v) is 7.63. The standard InChI is InChI=1S/C15H28N2O2/c1-12-5-7-15(11-16,8-6-12)14(18)17(9-10-19-2)13-3-4-13/h12-13H,3-11,16H2,1-2H3. The molecule has 0 spiro atoms. The third-order valence-electron chi connectivity index (χ3n) is 4.86. The Bertz CT molecular complexity index is 307. The fraction of sp³-hybridized carbons (Fsp3) is 0.933. The first kappa shape index (κ1) is 14.8. The van der Waals surface area contributed by atoms with Crippen LogP contribution in [0.15, 0.2) is 0 Å². The zero-order valence-electron chi connectivity index (χ0n) is 12.4. The van der Waals surface area contributed by atoms with Gasteiger partial charge in [0.25, 0.3) is 0 Å². The fourth-order valence-corrected chi connectivity index (χ4v) is 3.15. The molecule has 0 atom stereocenters. The maximum Gasteiger partial charge on any atom is 0.230 e. The first-order valence-electron chi connectivity index (χ1n) is 7.63. The van der Waals surface area contributed by atoms with Gasteiger partial charge in [0.1, 0.15) is 0 Å². The van der Waals surface area contributed by atoms with E-state index in [9.17, 15) is 4.79 Å². The number of rotatable bonds is 6. The largest absolute Gasteiger partial charge is 0.383 e. The molecule has 0 bridgehead atoms. The van der Waals surface area contributed by atoms with Crippen LogP contribution in [0.2, 0.25) is 0 Å². The van der Waals surface area contributed by atoms with Gasteiger partial charge in [-0.3, -0.25) is 4.79 Å². The number of hydrogen-bond acceptors (Lipinski definition) is 3. The summed E-state index contributed by atoms with van der Waals surface area (Å²) in [5.41, 5.74) is 5.70. The number of ether oxygens (including phenoxy) is 1. The average molecular weight is 268 g/mol. The Labute approximate surface area is 116 Å². The second-order valence-electron chi connectivity index (χ2n) is 6.39. The van der Waals surface area contributed by atoms with E-state index >= 15 is 0 Å². The van der Waals surface area contributed by atoms with Crippen LogP contribution >= 0.6 is 0 Å². The van der Waals surface area contributed by atoms with E-state index in [0.717, 1.165) is 51.0 Å². The molecule has 0 saturated heterocycles. The summed E-state index contributed by atoms with van der Waals surface area (Å²) in [7, 11) is 1.69. The van der Waals surface area contributed by atoms with Crippen molar-refractivity contribution in [2.45, 2.75) is 51.5 Å². The molecule has 2 aliphatic rings. The lowest BCUT2D eigenvalue weighted by Gasteiger charge is -2.41. The number of methoxy groups -OCH3 is 1. The smallest absolute Gasteiger partial charge is 0.230 e. The lowest BCUT2D eigenvalue weighted by molar-refractivity contribution is -0.145. The highest BCUT2D eigenvalue weighted by Gasteiger charge is 2.45. The number of hydrogen-bond donors (Lipinski definition) is 1. The van der Waals surface area contributed by atoms with E-state index in [0.29, 0.717) is 25.1 Å². The Morgan fingerprint density at radius 3 is 2.42 bits per heavy atom. The van der Waals surface area contributed by atoms with Crippen LogP contribution in [0.5, 0.6) is 0 Å². The highest BCUT2D eigenvalue weighted by atomic mass is 16.5. The molecule has 19 heavy (non-hydrogen) atoms. The molecule has 110 valence electrons. The number of nitrogens with zero attached hydrogens (tertiary/aromatic N) is 1. The van der Waals surface area contributed by atoms with E-state index in [4.69, 9.17) is 10.5 Å². The monoisotopic (exact) mass is 268 g/mol. The summed E-state index contributed by atoms with van der Waals surface area (Å²) in [6.07, 6.45) is 6.47. The van der Waals surface area contributed by atoms with Gasteiger partial charge in [-0.2, -0.15) is 0 Å². The molecule has 0 aromatic carbocycles. The van der Waals surface area contributed by atoms with Gasteiger partial charge in [-0.25, -0.2) is 0 Å². The number of carbonyl (C=O) groups excluding carboxylic acids is 1. The van der Waals surface area contributed by atoms with E-state index in [1.165, 1.54) is 0 Å². The van der Waals surface area contributed by atoms with Gasteiger partial charge in [0.2, 0.25) is 5.91 Å². The quantitative estimate of drug-likeness (QED) is 0.799. The SMILES string of the molecule is COCCN(C(=O)C1(CN)CCC(C)CC1)C1CC1. The topological polar surface area (TPSA) is 55.6 Å². The third-order valence-corrected chi connectivity index (χ3v) is 4.86. The van der Waals surface area contributed by atoms with Crippen molar-refractivity contribution in [1.29, 1.82) is 0 Å². The van der Waals surface area contributed by atoms with E-state index in [1.54, 1.807) is 7.11 Å². The van der Waals surface area contributed by atoms with Crippen molar-refractivity contribution in [3.8, 4) is 0 Å². The van der Waals surface area contributed by atoms with Gasteiger partial charge < -0.3 is 15.4 Å². The average Bonchev–Trinajstić information content (AvgIpc) is 3.25. The van der Waals surface area contributed by atoms with Crippen LogP contribution in [0.25, 0.3) is 0 Å². The van der Waals surface area contributed by atoms with Crippen molar-refractivity contribution >= 4 is 5.91 Å². The maximum atomic E-state index is 12.9. The number of amides is 1. The zero-order valence-corrected chi connectivity index (χ0v) is 12.4. The summed E-state index contributed by atoms with van der Waals surface area (Å²) in [5.74, 6) is 1.03. The van der Waals surface area contributed by atoms with E-state index in [2.05, 4.69) is 6.92 Å². The molecule has 4 nitrogen and oxygen atoms in total. The van der Waals surface area contributed by atoms with Gasteiger partial charge >= 0.3 is 0 Å². The van der Waals surface area contributed by atoms with Crippen LogP contribution in [-0.4, -0.2) is 43.7 Å². The molecular weight excluding hydrogens is 240 g/mol. The summed E-state index contributed by atoms with van der Waals surface area (Å²) in [6, 6.07) is 0.449. The number of carbonyl (C=O) groups is 1. The van der Waals surface area contributed by atoms with Gasteiger partial charge in [0.05, 0.1) is 12.0 Å². The molecule has 0 unspecified atom stereocenters. The molecule has 0 heterocycles. The van der Waals surface area contributed by atoms with Gasteiger partial charge in [-0.1, -0.05) is 6.92 Å². The maximum absolute atomic E-state index is 12.9. The molecular formula is C15H28N2O2. The van der Waals surface area contributed by atoms with Gasteiger partial charge in [0, 0.05) is 26.2 Å². The molecule has 0 radical (unpaired) electrons. The summed E-state index contributed by atoms with van der Waals surface area (Å²) >= 11 is 0. The fourth-order valence-electron chi connectivity index (χ4n) is 3.15. The molecule has 0 aliphatic heterocycles. The van der Waals surface area contributed by atoms with E-state index in [1.807, 2.05) is 4.90 Å². The minimum absolute atomic E-state index is 0.289. The summed E-state index contributed by atoms with van der Waals surface area (Å²) < 4.78 is 5.15.